The highest BCUT2D eigenvalue weighted by Crippen LogP contribution is 2.29. The minimum atomic E-state index is -5.08. The van der Waals surface area contributed by atoms with Crippen molar-refractivity contribution in [2.75, 3.05) is 12.5 Å². The summed E-state index contributed by atoms with van der Waals surface area (Å²) in [6.07, 6.45) is -5.08. The van der Waals surface area contributed by atoms with E-state index in [9.17, 15) is 18.0 Å². The van der Waals surface area contributed by atoms with Gasteiger partial charge in [-0.25, -0.2) is 0 Å². The average molecular weight is 296 g/mol. The highest BCUT2D eigenvalue weighted by molar-refractivity contribution is 6.11. The number of methoxy groups -OCH3 is 1. The molecule has 0 aliphatic rings. The van der Waals surface area contributed by atoms with E-state index in [0.29, 0.717) is 0 Å². The van der Waals surface area contributed by atoms with E-state index in [0.717, 1.165) is 12.1 Å². The second kappa shape index (κ2) is 6.39. The Bertz CT molecular complexity index is 653. The number of nitrogens with zero attached hydrogens (tertiary/aromatic N) is 3. The van der Waals surface area contributed by atoms with Crippen LogP contribution in [0, 0.1) is 22.7 Å². The third-order valence-corrected chi connectivity index (χ3v) is 2.23. The van der Waals surface area contributed by atoms with Crippen LogP contribution in [0.3, 0.4) is 0 Å². The predicted molar refractivity (Wildman–Crippen MR) is 65.7 cm³/mol. The van der Waals surface area contributed by atoms with Gasteiger partial charge in [-0.3, -0.25) is 10.2 Å². The van der Waals surface area contributed by atoms with Gasteiger partial charge < -0.3 is 4.74 Å². The zero-order chi connectivity index (χ0) is 16.0. The van der Waals surface area contributed by atoms with Gasteiger partial charge in [0.25, 0.3) is 5.78 Å². The van der Waals surface area contributed by atoms with Crippen molar-refractivity contribution in [3.05, 3.63) is 23.8 Å². The number of nitriles is 2. The highest BCUT2D eigenvalue weighted by Gasteiger charge is 2.40. The van der Waals surface area contributed by atoms with Crippen LogP contribution in [-0.2, 0) is 0 Å². The number of carbonyl (C=O) groups is 1. The van der Waals surface area contributed by atoms with Gasteiger partial charge in [0.05, 0.1) is 18.4 Å². The van der Waals surface area contributed by atoms with E-state index in [1.165, 1.54) is 25.3 Å². The van der Waals surface area contributed by atoms with Crippen LogP contribution in [-0.4, -0.2) is 24.8 Å². The molecule has 9 heteroatoms. The number of hydrazone groups is 1. The fourth-order valence-corrected chi connectivity index (χ4v) is 1.28. The molecule has 0 radical (unpaired) electrons. The van der Waals surface area contributed by atoms with Crippen LogP contribution in [0.5, 0.6) is 5.75 Å². The molecule has 1 N–H and O–H groups in total. The number of alkyl halides is 3. The second-order valence-corrected chi connectivity index (χ2v) is 3.53. The van der Waals surface area contributed by atoms with Crippen molar-refractivity contribution in [3.8, 4) is 17.9 Å². The lowest BCUT2D eigenvalue weighted by atomic mass is 10.1. The number of rotatable bonds is 4. The second-order valence-electron chi connectivity index (χ2n) is 3.53. The van der Waals surface area contributed by atoms with Gasteiger partial charge in [-0.15, -0.1) is 0 Å². The number of ketones is 1. The average Bonchev–Trinajstić information content (AvgIpc) is 2.46. The number of hydrogen-bond acceptors (Lipinski definition) is 6. The van der Waals surface area contributed by atoms with Crippen molar-refractivity contribution in [1.29, 1.82) is 10.5 Å². The molecule has 0 unspecified atom stereocenters. The predicted octanol–water partition coefficient (Wildman–Crippen LogP) is 2.26. The first-order chi connectivity index (χ1) is 9.83. The number of benzene rings is 1. The lowest BCUT2D eigenvalue weighted by molar-refractivity contribution is -0.0884. The number of nitrogens with one attached hydrogen (secondary N) is 1. The highest BCUT2D eigenvalue weighted by atomic mass is 19.4. The smallest absolute Gasteiger partial charge is 0.454 e. The molecule has 1 aromatic rings. The molecule has 0 saturated heterocycles. The van der Waals surface area contributed by atoms with Gasteiger partial charge in [-0.05, 0) is 18.2 Å². The number of carbonyl (C=O) groups excluding carboxylic acids is 1. The Morgan fingerprint density at radius 2 is 1.95 bits per heavy atom. The van der Waals surface area contributed by atoms with E-state index in [2.05, 4.69) is 10.5 Å². The maximum Gasteiger partial charge on any atom is 0.454 e. The number of Topliss-reactive ketones (excluding diaryl/α,β-unsaturated/α-hetero) is 1. The van der Waals surface area contributed by atoms with Crippen molar-refractivity contribution in [3.63, 3.8) is 0 Å². The Kier molecular flexibility index (Phi) is 4.86. The van der Waals surface area contributed by atoms with E-state index < -0.39 is 23.2 Å². The Morgan fingerprint density at radius 1 is 1.33 bits per heavy atom. The Labute approximate surface area is 117 Å². The van der Waals surface area contributed by atoms with Crippen LogP contribution in [0.2, 0.25) is 0 Å². The molecular formula is C12H7F3N4O2. The molecule has 0 saturated carbocycles. The topological polar surface area (TPSA) is 98.3 Å². The van der Waals surface area contributed by atoms with E-state index in [4.69, 9.17) is 15.3 Å². The molecule has 1 aromatic carbocycles. The largest absolute Gasteiger partial charge is 0.497 e. The van der Waals surface area contributed by atoms with Gasteiger partial charge in [0.2, 0.25) is 5.71 Å². The van der Waals surface area contributed by atoms with Crippen LogP contribution < -0.4 is 10.2 Å². The molecule has 0 aliphatic carbocycles. The van der Waals surface area contributed by atoms with Gasteiger partial charge >= 0.3 is 6.18 Å². The molecule has 0 atom stereocenters. The van der Waals surface area contributed by atoms with Crippen molar-refractivity contribution in [2.24, 2.45) is 5.10 Å². The molecule has 0 aromatic heterocycles. The molecular weight excluding hydrogens is 289 g/mol. The molecule has 21 heavy (non-hydrogen) atoms. The van der Waals surface area contributed by atoms with E-state index >= 15 is 0 Å². The first-order valence-electron chi connectivity index (χ1n) is 5.27. The van der Waals surface area contributed by atoms with E-state index in [-0.39, 0.29) is 11.4 Å². The summed E-state index contributed by atoms with van der Waals surface area (Å²) in [4.78, 5) is 11.3. The molecule has 6 nitrogen and oxygen atoms in total. The van der Waals surface area contributed by atoms with Crippen molar-refractivity contribution in [1.82, 2.24) is 0 Å². The van der Waals surface area contributed by atoms with Gasteiger partial charge in [-0.1, -0.05) is 0 Å². The molecule has 1 rings (SSSR count). The number of halogens is 3. The van der Waals surface area contributed by atoms with E-state index in [1.807, 2.05) is 0 Å². The van der Waals surface area contributed by atoms with Gasteiger partial charge in [-0.2, -0.15) is 28.8 Å². The first kappa shape index (κ1) is 16.0. The Balaban J connectivity index is 3.28. The summed E-state index contributed by atoms with van der Waals surface area (Å²) in [5.41, 5.74) is 0.446. The third kappa shape index (κ3) is 3.94. The zero-order valence-corrected chi connectivity index (χ0v) is 10.5. The molecule has 108 valence electrons. The SMILES string of the molecule is COc1ccc(NN=C(C#N)C#N)c(C(=O)C(F)(F)F)c1. The number of hydrogen-bond donors (Lipinski definition) is 1. The van der Waals surface area contributed by atoms with Gasteiger partial charge in [0.1, 0.15) is 17.9 Å². The molecule has 0 spiro atoms. The van der Waals surface area contributed by atoms with E-state index in [1.54, 1.807) is 0 Å². The Morgan fingerprint density at radius 3 is 2.43 bits per heavy atom. The maximum atomic E-state index is 12.5. The van der Waals surface area contributed by atoms with Crippen molar-refractivity contribution in [2.45, 2.75) is 6.18 Å². The van der Waals surface area contributed by atoms with Crippen LogP contribution in [0.1, 0.15) is 10.4 Å². The third-order valence-electron chi connectivity index (χ3n) is 2.23. The maximum absolute atomic E-state index is 12.5. The summed E-state index contributed by atoms with van der Waals surface area (Å²) in [5.74, 6) is -2.06. The lowest BCUT2D eigenvalue weighted by Gasteiger charge is -2.11. The molecule has 0 aliphatic heterocycles. The summed E-state index contributed by atoms with van der Waals surface area (Å²) in [5, 5.41) is 20.3. The number of anilines is 1. The van der Waals surface area contributed by atoms with Gasteiger partial charge in [0, 0.05) is 0 Å². The summed E-state index contributed by atoms with van der Waals surface area (Å²) in [7, 11) is 1.23. The summed E-state index contributed by atoms with van der Waals surface area (Å²) >= 11 is 0. The minimum Gasteiger partial charge on any atom is -0.497 e. The fourth-order valence-electron chi connectivity index (χ4n) is 1.28. The van der Waals surface area contributed by atoms with Crippen molar-refractivity contribution < 1.29 is 22.7 Å². The molecule has 0 heterocycles. The van der Waals surface area contributed by atoms with Crippen LogP contribution in [0.25, 0.3) is 0 Å². The molecule has 0 bridgehead atoms. The summed E-state index contributed by atoms with van der Waals surface area (Å²) < 4.78 is 42.3. The van der Waals surface area contributed by atoms with Crippen LogP contribution in [0.15, 0.2) is 23.3 Å². The normalized spacial score (nSPS) is 10.0. The Hall–Kier alpha value is -3.07. The lowest BCUT2D eigenvalue weighted by Crippen LogP contribution is -2.23. The van der Waals surface area contributed by atoms with Gasteiger partial charge in [0.15, 0.2) is 0 Å². The minimum absolute atomic E-state index is 0.0397. The first-order valence-corrected chi connectivity index (χ1v) is 5.27. The van der Waals surface area contributed by atoms with Crippen LogP contribution in [0.4, 0.5) is 18.9 Å². The van der Waals surface area contributed by atoms with Crippen molar-refractivity contribution >= 4 is 17.2 Å². The quantitative estimate of drug-likeness (QED) is 0.522. The summed E-state index contributed by atoms with van der Waals surface area (Å²) in [6, 6.07) is 6.13. The molecule has 0 fully saturated rings. The zero-order valence-electron chi connectivity index (χ0n) is 10.5. The standard InChI is InChI=1S/C12H7F3N4O2/c1-21-8-2-3-10(19-18-7(5-16)6-17)9(4-8)11(20)12(13,14)15/h2-4,19H,1H3. The van der Waals surface area contributed by atoms with Crippen LogP contribution >= 0.6 is 0 Å². The monoisotopic (exact) mass is 296 g/mol. The molecule has 0 amide bonds. The fraction of sp³-hybridized carbons (Fsp3) is 0.167. The number of ether oxygens (including phenoxy) is 1. The summed E-state index contributed by atoms with van der Waals surface area (Å²) in [6.45, 7) is 0.